The molecule has 2 aromatic rings. The van der Waals surface area contributed by atoms with E-state index >= 15 is 0 Å². The number of amides is 1. The average molecular weight is 361 g/mol. The lowest BCUT2D eigenvalue weighted by Crippen LogP contribution is -2.13. The number of hydrogen-bond donors (Lipinski definition) is 2. The van der Waals surface area contributed by atoms with E-state index < -0.39 is 0 Å². The van der Waals surface area contributed by atoms with E-state index in [1.54, 1.807) is 12.1 Å². The summed E-state index contributed by atoms with van der Waals surface area (Å²) in [6.45, 7) is 0. The SMILES string of the molecule is Nc1cnc(NC(=O)c2cc(Cl)cc(Cl)c2)c(Br)c1. The van der Waals surface area contributed by atoms with Gasteiger partial charge in [-0.1, -0.05) is 23.2 Å². The van der Waals surface area contributed by atoms with Gasteiger partial charge in [0.1, 0.15) is 5.82 Å². The van der Waals surface area contributed by atoms with Gasteiger partial charge < -0.3 is 11.1 Å². The molecule has 0 atom stereocenters. The quantitative estimate of drug-likeness (QED) is 0.850. The molecular formula is C12H8BrCl2N3O. The maximum Gasteiger partial charge on any atom is 0.256 e. The first kappa shape index (κ1) is 14.1. The molecule has 0 saturated carbocycles. The highest BCUT2D eigenvalue weighted by Gasteiger charge is 2.11. The summed E-state index contributed by atoms with van der Waals surface area (Å²) >= 11 is 15.0. The zero-order valence-corrected chi connectivity index (χ0v) is 12.6. The second kappa shape index (κ2) is 5.77. The van der Waals surface area contributed by atoms with Crippen LogP contribution in [-0.4, -0.2) is 10.9 Å². The van der Waals surface area contributed by atoms with Crippen LogP contribution in [0.25, 0.3) is 0 Å². The van der Waals surface area contributed by atoms with E-state index in [9.17, 15) is 4.79 Å². The first-order valence-corrected chi connectivity index (χ1v) is 6.69. The van der Waals surface area contributed by atoms with Gasteiger partial charge >= 0.3 is 0 Å². The summed E-state index contributed by atoms with van der Waals surface area (Å²) in [5, 5.41) is 3.42. The molecule has 1 aromatic carbocycles. The molecule has 1 amide bonds. The van der Waals surface area contributed by atoms with Gasteiger partial charge in [0.05, 0.1) is 16.4 Å². The molecular weight excluding hydrogens is 353 g/mol. The number of benzene rings is 1. The fourth-order valence-electron chi connectivity index (χ4n) is 1.41. The van der Waals surface area contributed by atoms with Gasteiger partial charge in [0.2, 0.25) is 0 Å². The smallest absolute Gasteiger partial charge is 0.256 e. The molecule has 2 rings (SSSR count). The number of carbonyl (C=O) groups is 1. The first-order valence-electron chi connectivity index (χ1n) is 5.14. The number of hydrogen-bond acceptors (Lipinski definition) is 3. The Morgan fingerprint density at radius 2 is 1.84 bits per heavy atom. The third kappa shape index (κ3) is 3.59. The van der Waals surface area contributed by atoms with Gasteiger partial charge in [0, 0.05) is 15.6 Å². The number of nitrogen functional groups attached to an aromatic ring is 1. The van der Waals surface area contributed by atoms with Gasteiger partial charge in [-0.3, -0.25) is 4.79 Å². The molecule has 19 heavy (non-hydrogen) atoms. The summed E-state index contributed by atoms with van der Waals surface area (Å²) in [6, 6.07) is 6.24. The molecule has 0 saturated heterocycles. The summed E-state index contributed by atoms with van der Waals surface area (Å²) in [5.74, 6) is 0.0117. The van der Waals surface area contributed by atoms with Crippen LogP contribution in [0.2, 0.25) is 10.0 Å². The molecule has 3 N–H and O–H groups in total. The number of aromatic nitrogens is 1. The number of halogens is 3. The summed E-state index contributed by atoms with van der Waals surface area (Å²) in [7, 11) is 0. The van der Waals surface area contributed by atoms with Gasteiger partial charge in [-0.2, -0.15) is 0 Å². The second-order valence-corrected chi connectivity index (χ2v) is 5.44. The molecule has 1 aromatic heterocycles. The maximum atomic E-state index is 12.0. The zero-order chi connectivity index (χ0) is 14.0. The Hall–Kier alpha value is -1.30. The molecule has 1 heterocycles. The van der Waals surface area contributed by atoms with Crippen LogP contribution in [0.4, 0.5) is 11.5 Å². The Morgan fingerprint density at radius 3 is 2.42 bits per heavy atom. The minimum absolute atomic E-state index is 0.350. The van der Waals surface area contributed by atoms with Crippen molar-refractivity contribution >= 4 is 56.5 Å². The third-order valence-electron chi connectivity index (χ3n) is 2.22. The molecule has 4 nitrogen and oxygen atoms in total. The van der Waals surface area contributed by atoms with E-state index in [-0.39, 0.29) is 5.91 Å². The van der Waals surface area contributed by atoms with Gasteiger partial charge in [0.15, 0.2) is 0 Å². The van der Waals surface area contributed by atoms with E-state index in [1.807, 2.05) is 0 Å². The van der Waals surface area contributed by atoms with E-state index in [4.69, 9.17) is 28.9 Å². The van der Waals surface area contributed by atoms with E-state index in [0.717, 1.165) is 0 Å². The minimum Gasteiger partial charge on any atom is -0.397 e. The standard InChI is InChI=1S/C12H8BrCl2N3O/c13-10-4-9(16)5-17-11(10)18-12(19)6-1-7(14)3-8(15)2-6/h1-5H,16H2,(H,17,18,19). The van der Waals surface area contributed by atoms with Crippen LogP contribution in [0.5, 0.6) is 0 Å². The normalized spacial score (nSPS) is 10.3. The van der Waals surface area contributed by atoms with Crippen LogP contribution in [0.3, 0.4) is 0 Å². The van der Waals surface area contributed by atoms with Crippen molar-refractivity contribution < 1.29 is 4.79 Å². The lowest BCUT2D eigenvalue weighted by Gasteiger charge is -2.07. The van der Waals surface area contributed by atoms with Crippen LogP contribution in [0.15, 0.2) is 34.9 Å². The van der Waals surface area contributed by atoms with Crippen LogP contribution in [-0.2, 0) is 0 Å². The summed E-state index contributed by atoms with van der Waals surface area (Å²) in [4.78, 5) is 16.1. The van der Waals surface area contributed by atoms with Crippen LogP contribution in [0, 0.1) is 0 Å². The Morgan fingerprint density at radius 1 is 1.21 bits per heavy atom. The molecule has 0 bridgehead atoms. The molecule has 0 unspecified atom stereocenters. The first-order chi connectivity index (χ1) is 8.95. The highest BCUT2D eigenvalue weighted by molar-refractivity contribution is 9.10. The van der Waals surface area contributed by atoms with Crippen molar-refractivity contribution in [3.63, 3.8) is 0 Å². The summed E-state index contributed by atoms with van der Waals surface area (Å²) in [6.07, 6.45) is 1.45. The molecule has 98 valence electrons. The van der Waals surface area contributed by atoms with E-state index in [0.29, 0.717) is 31.6 Å². The van der Waals surface area contributed by atoms with Gasteiger partial charge in [-0.15, -0.1) is 0 Å². The van der Waals surface area contributed by atoms with E-state index in [1.165, 1.54) is 18.3 Å². The van der Waals surface area contributed by atoms with Crippen molar-refractivity contribution in [2.24, 2.45) is 0 Å². The number of nitrogens with zero attached hydrogens (tertiary/aromatic N) is 1. The summed E-state index contributed by atoms with van der Waals surface area (Å²) in [5.41, 5.74) is 6.42. The number of nitrogens with one attached hydrogen (secondary N) is 1. The Bertz CT molecular complexity index is 629. The lowest BCUT2D eigenvalue weighted by molar-refractivity contribution is 0.102. The number of anilines is 2. The van der Waals surface area contributed by atoms with Crippen molar-refractivity contribution in [1.82, 2.24) is 4.98 Å². The zero-order valence-electron chi connectivity index (χ0n) is 9.45. The molecule has 0 spiro atoms. The maximum absolute atomic E-state index is 12.0. The second-order valence-electron chi connectivity index (χ2n) is 3.71. The predicted octanol–water partition coefficient (Wildman–Crippen LogP) is 3.99. The number of rotatable bonds is 2. The highest BCUT2D eigenvalue weighted by atomic mass is 79.9. The van der Waals surface area contributed by atoms with Crippen molar-refractivity contribution in [2.45, 2.75) is 0 Å². The largest absolute Gasteiger partial charge is 0.397 e. The predicted molar refractivity (Wildman–Crippen MR) is 80.8 cm³/mol. The van der Waals surface area contributed by atoms with Crippen molar-refractivity contribution in [1.29, 1.82) is 0 Å². The van der Waals surface area contributed by atoms with Crippen LogP contribution < -0.4 is 11.1 Å². The van der Waals surface area contributed by atoms with Gasteiger partial charge in [0.25, 0.3) is 5.91 Å². The molecule has 0 fully saturated rings. The van der Waals surface area contributed by atoms with E-state index in [2.05, 4.69) is 26.2 Å². The minimum atomic E-state index is -0.359. The van der Waals surface area contributed by atoms with Crippen LogP contribution >= 0.6 is 39.1 Å². The Labute approximate surface area is 128 Å². The highest BCUT2D eigenvalue weighted by Crippen LogP contribution is 2.24. The number of carbonyl (C=O) groups excluding carboxylic acids is 1. The molecule has 0 radical (unpaired) electrons. The summed E-state index contributed by atoms with van der Waals surface area (Å²) < 4.78 is 0.592. The number of pyridine rings is 1. The Balaban J connectivity index is 2.25. The molecule has 0 aliphatic carbocycles. The lowest BCUT2D eigenvalue weighted by atomic mass is 10.2. The van der Waals surface area contributed by atoms with Gasteiger partial charge in [-0.25, -0.2) is 4.98 Å². The van der Waals surface area contributed by atoms with Crippen molar-refractivity contribution in [3.05, 3.63) is 50.5 Å². The Kier molecular flexibility index (Phi) is 4.29. The number of nitrogens with two attached hydrogens (primary N) is 1. The van der Waals surface area contributed by atoms with Crippen LogP contribution in [0.1, 0.15) is 10.4 Å². The van der Waals surface area contributed by atoms with Crippen molar-refractivity contribution in [3.8, 4) is 0 Å². The molecule has 7 heteroatoms. The fourth-order valence-corrected chi connectivity index (χ4v) is 2.40. The fraction of sp³-hybridized carbons (Fsp3) is 0. The monoisotopic (exact) mass is 359 g/mol. The topological polar surface area (TPSA) is 68.0 Å². The molecule has 0 aliphatic heterocycles. The third-order valence-corrected chi connectivity index (χ3v) is 3.26. The average Bonchev–Trinajstić information content (AvgIpc) is 2.31. The van der Waals surface area contributed by atoms with Gasteiger partial charge in [-0.05, 0) is 40.2 Å². The van der Waals surface area contributed by atoms with Crippen molar-refractivity contribution in [2.75, 3.05) is 11.1 Å². The molecule has 0 aliphatic rings.